The Kier molecular flexibility index (Phi) is 4.11. The minimum Gasteiger partial charge on any atom is -0.399 e. The summed E-state index contributed by atoms with van der Waals surface area (Å²) in [5, 5.41) is 10.5. The van der Waals surface area contributed by atoms with Crippen molar-refractivity contribution in [2.75, 3.05) is 23.7 Å². The molecule has 1 unspecified atom stereocenters. The number of aryl methyl sites for hydroxylation is 1. The second-order valence-corrected chi connectivity index (χ2v) is 5.71. The third kappa shape index (κ3) is 3.19. The van der Waals surface area contributed by atoms with Crippen LogP contribution in [0.2, 0.25) is 0 Å². The Balaban J connectivity index is 1.79. The molecule has 3 N–H and O–H groups in total. The van der Waals surface area contributed by atoms with Gasteiger partial charge in [0.15, 0.2) is 0 Å². The van der Waals surface area contributed by atoms with Crippen molar-refractivity contribution in [2.24, 2.45) is 0 Å². The molecular formula is C18H22N2O. The summed E-state index contributed by atoms with van der Waals surface area (Å²) in [6, 6.07) is 16.0. The summed E-state index contributed by atoms with van der Waals surface area (Å²) in [7, 11) is 0. The molecule has 3 rings (SSSR count). The maximum absolute atomic E-state index is 10.5. The maximum Gasteiger partial charge on any atom is 0.0964 e. The third-order valence-electron chi connectivity index (χ3n) is 4.17. The van der Waals surface area contributed by atoms with Crippen molar-refractivity contribution in [3.63, 3.8) is 0 Å². The maximum atomic E-state index is 10.5. The Morgan fingerprint density at radius 3 is 2.62 bits per heavy atom. The first-order valence-electron chi connectivity index (χ1n) is 7.60. The number of rotatable bonds is 3. The van der Waals surface area contributed by atoms with Gasteiger partial charge < -0.3 is 15.7 Å². The summed E-state index contributed by atoms with van der Waals surface area (Å²) in [6.45, 7) is 1.63. The van der Waals surface area contributed by atoms with E-state index in [-0.39, 0.29) is 0 Å². The van der Waals surface area contributed by atoms with E-state index in [9.17, 15) is 5.11 Å². The highest BCUT2D eigenvalue weighted by Gasteiger charge is 2.18. The Bertz CT molecular complexity index is 594. The Hall–Kier alpha value is -2.00. The quantitative estimate of drug-likeness (QED) is 0.850. The first-order valence-corrected chi connectivity index (χ1v) is 7.60. The molecule has 0 spiro atoms. The molecule has 110 valence electrons. The number of aliphatic hydroxyl groups is 1. The molecule has 0 saturated carbocycles. The van der Waals surface area contributed by atoms with E-state index in [1.54, 1.807) is 0 Å². The van der Waals surface area contributed by atoms with Crippen LogP contribution in [0.1, 0.15) is 30.1 Å². The van der Waals surface area contributed by atoms with Crippen molar-refractivity contribution >= 4 is 11.4 Å². The van der Waals surface area contributed by atoms with E-state index in [4.69, 9.17) is 5.73 Å². The molecule has 3 heteroatoms. The standard InChI is InChI=1S/C18H22N2O/c19-16-10-8-15(9-11-16)18(21)13-20-12-4-3-6-14-5-1-2-7-17(14)20/h1-2,5,7-11,18,21H,3-4,6,12-13,19H2. The fraction of sp³-hybridized carbons (Fsp3) is 0.333. The predicted octanol–water partition coefficient (Wildman–Crippen LogP) is 3.15. The fourth-order valence-corrected chi connectivity index (χ4v) is 2.99. The monoisotopic (exact) mass is 282 g/mol. The first kappa shape index (κ1) is 14.0. The Labute approximate surface area is 126 Å². The van der Waals surface area contributed by atoms with Gasteiger partial charge in [-0.3, -0.25) is 0 Å². The molecule has 0 amide bonds. The SMILES string of the molecule is Nc1ccc(C(O)CN2CCCCc3ccccc32)cc1. The van der Waals surface area contributed by atoms with Gasteiger partial charge in [0.1, 0.15) is 0 Å². The lowest BCUT2D eigenvalue weighted by Gasteiger charge is -2.27. The molecule has 2 aromatic rings. The van der Waals surface area contributed by atoms with E-state index < -0.39 is 6.10 Å². The van der Waals surface area contributed by atoms with Crippen LogP contribution in [0, 0.1) is 0 Å². The lowest BCUT2D eigenvalue weighted by molar-refractivity contribution is 0.183. The van der Waals surface area contributed by atoms with Crippen molar-refractivity contribution in [1.82, 2.24) is 0 Å². The second kappa shape index (κ2) is 6.19. The van der Waals surface area contributed by atoms with Crippen molar-refractivity contribution in [3.8, 4) is 0 Å². The zero-order valence-electron chi connectivity index (χ0n) is 12.2. The topological polar surface area (TPSA) is 49.5 Å². The average Bonchev–Trinajstić information content (AvgIpc) is 2.71. The van der Waals surface area contributed by atoms with Crippen LogP contribution < -0.4 is 10.6 Å². The van der Waals surface area contributed by atoms with Gasteiger partial charge in [-0.25, -0.2) is 0 Å². The zero-order chi connectivity index (χ0) is 14.7. The van der Waals surface area contributed by atoms with Crippen LogP contribution in [0.4, 0.5) is 11.4 Å². The van der Waals surface area contributed by atoms with E-state index in [1.165, 1.54) is 24.1 Å². The van der Waals surface area contributed by atoms with Gasteiger partial charge in [0, 0.05) is 24.5 Å². The second-order valence-electron chi connectivity index (χ2n) is 5.71. The lowest BCUT2D eigenvalue weighted by atomic mass is 10.1. The van der Waals surface area contributed by atoms with E-state index in [1.807, 2.05) is 24.3 Å². The summed E-state index contributed by atoms with van der Waals surface area (Å²) in [4.78, 5) is 2.31. The number of nitrogens with zero attached hydrogens (tertiary/aromatic N) is 1. The van der Waals surface area contributed by atoms with Crippen molar-refractivity contribution in [1.29, 1.82) is 0 Å². The number of nitrogens with two attached hydrogens (primary N) is 1. The van der Waals surface area contributed by atoms with Gasteiger partial charge in [0.25, 0.3) is 0 Å². The molecule has 1 atom stereocenters. The van der Waals surface area contributed by atoms with Crippen molar-refractivity contribution in [3.05, 3.63) is 59.7 Å². The Morgan fingerprint density at radius 2 is 1.81 bits per heavy atom. The third-order valence-corrected chi connectivity index (χ3v) is 4.17. The first-order chi connectivity index (χ1) is 10.2. The highest BCUT2D eigenvalue weighted by Crippen LogP contribution is 2.28. The van der Waals surface area contributed by atoms with E-state index in [2.05, 4.69) is 29.2 Å². The smallest absolute Gasteiger partial charge is 0.0964 e. The fourth-order valence-electron chi connectivity index (χ4n) is 2.99. The molecule has 1 heterocycles. The number of para-hydroxylation sites is 1. The van der Waals surface area contributed by atoms with Crippen LogP contribution in [0.3, 0.4) is 0 Å². The Morgan fingerprint density at radius 1 is 1.05 bits per heavy atom. The molecule has 3 nitrogen and oxygen atoms in total. The van der Waals surface area contributed by atoms with Crippen LogP contribution in [0.25, 0.3) is 0 Å². The molecule has 0 aliphatic carbocycles. The van der Waals surface area contributed by atoms with Gasteiger partial charge in [-0.15, -0.1) is 0 Å². The van der Waals surface area contributed by atoms with Crippen LogP contribution in [-0.2, 0) is 6.42 Å². The molecule has 1 aliphatic rings. The van der Waals surface area contributed by atoms with Gasteiger partial charge in [-0.05, 0) is 48.6 Å². The largest absolute Gasteiger partial charge is 0.399 e. The lowest BCUT2D eigenvalue weighted by Crippen LogP contribution is -2.29. The normalized spacial score (nSPS) is 16.1. The van der Waals surface area contributed by atoms with Crippen LogP contribution in [-0.4, -0.2) is 18.2 Å². The highest BCUT2D eigenvalue weighted by molar-refractivity contribution is 5.54. The number of fused-ring (bicyclic) bond motifs is 1. The van der Waals surface area contributed by atoms with Crippen LogP contribution >= 0.6 is 0 Å². The summed E-state index contributed by atoms with van der Waals surface area (Å²) in [5.74, 6) is 0. The molecule has 2 aromatic carbocycles. The minimum atomic E-state index is -0.489. The number of hydrogen-bond acceptors (Lipinski definition) is 3. The number of aliphatic hydroxyl groups excluding tert-OH is 1. The van der Waals surface area contributed by atoms with Crippen molar-refractivity contribution in [2.45, 2.75) is 25.4 Å². The minimum absolute atomic E-state index is 0.489. The number of nitrogen functional groups attached to an aromatic ring is 1. The summed E-state index contributed by atoms with van der Waals surface area (Å²) in [5.41, 5.74) is 10.0. The van der Waals surface area contributed by atoms with Gasteiger partial charge in [0.2, 0.25) is 0 Å². The number of hydrogen-bond donors (Lipinski definition) is 2. The van der Waals surface area contributed by atoms with Crippen LogP contribution in [0.15, 0.2) is 48.5 Å². The molecular weight excluding hydrogens is 260 g/mol. The number of β-amino-alcohol motifs (C(OH)–C–C–N with tert-alkyl or cyclic N) is 1. The van der Waals surface area contributed by atoms with Gasteiger partial charge in [0.05, 0.1) is 6.10 Å². The van der Waals surface area contributed by atoms with Crippen molar-refractivity contribution < 1.29 is 5.11 Å². The van der Waals surface area contributed by atoms with Crippen LogP contribution in [0.5, 0.6) is 0 Å². The predicted molar refractivity (Wildman–Crippen MR) is 87.4 cm³/mol. The molecule has 0 fully saturated rings. The summed E-state index contributed by atoms with van der Waals surface area (Å²) in [6.07, 6.45) is 3.02. The summed E-state index contributed by atoms with van der Waals surface area (Å²) < 4.78 is 0. The molecule has 0 bridgehead atoms. The highest BCUT2D eigenvalue weighted by atomic mass is 16.3. The molecule has 1 aliphatic heterocycles. The number of benzene rings is 2. The zero-order valence-corrected chi connectivity index (χ0v) is 12.2. The molecule has 21 heavy (non-hydrogen) atoms. The van der Waals surface area contributed by atoms with E-state index >= 15 is 0 Å². The molecule has 0 saturated heterocycles. The summed E-state index contributed by atoms with van der Waals surface area (Å²) >= 11 is 0. The molecule has 0 radical (unpaired) electrons. The van der Waals surface area contributed by atoms with Gasteiger partial charge in [-0.2, -0.15) is 0 Å². The molecule has 0 aromatic heterocycles. The van der Waals surface area contributed by atoms with Gasteiger partial charge in [-0.1, -0.05) is 30.3 Å². The van der Waals surface area contributed by atoms with E-state index in [0.29, 0.717) is 6.54 Å². The van der Waals surface area contributed by atoms with Gasteiger partial charge >= 0.3 is 0 Å². The van der Waals surface area contributed by atoms with E-state index in [0.717, 1.165) is 24.2 Å². The number of anilines is 2. The average molecular weight is 282 g/mol.